The summed E-state index contributed by atoms with van der Waals surface area (Å²) in [4.78, 5) is 4.67. The van der Waals surface area contributed by atoms with Crippen molar-refractivity contribution in [2.45, 2.75) is 46.9 Å². The summed E-state index contributed by atoms with van der Waals surface area (Å²) in [5, 5.41) is 11.2. The molecule has 1 aromatic carbocycles. The van der Waals surface area contributed by atoms with Gasteiger partial charge in [0.05, 0.1) is 18.8 Å². The number of hydrogen-bond acceptors (Lipinski definition) is 3. The number of aromatic nitrogens is 2. The molecule has 0 aliphatic heterocycles. The van der Waals surface area contributed by atoms with Crippen molar-refractivity contribution in [2.75, 3.05) is 20.2 Å². The fraction of sp³-hybridized carbons (Fsp3) is 0.500. The first-order valence-electron chi connectivity index (χ1n) is 9.22. The van der Waals surface area contributed by atoms with Crippen molar-refractivity contribution in [2.24, 2.45) is 4.99 Å². The van der Waals surface area contributed by atoms with Gasteiger partial charge in [-0.25, -0.2) is 4.99 Å². The van der Waals surface area contributed by atoms with Crippen molar-refractivity contribution >= 4 is 5.96 Å². The summed E-state index contributed by atoms with van der Waals surface area (Å²) in [6.07, 6.45) is 0.998. The van der Waals surface area contributed by atoms with Gasteiger partial charge in [0.25, 0.3) is 0 Å². The van der Waals surface area contributed by atoms with E-state index in [9.17, 15) is 0 Å². The molecule has 0 saturated heterocycles. The van der Waals surface area contributed by atoms with Crippen molar-refractivity contribution in [3.05, 3.63) is 52.8 Å². The van der Waals surface area contributed by atoms with Crippen LogP contribution in [0.1, 0.15) is 35.9 Å². The molecule has 0 radical (unpaired) electrons. The molecule has 0 atom stereocenters. The maximum absolute atomic E-state index is 5.14. The van der Waals surface area contributed by atoms with Crippen LogP contribution < -0.4 is 10.6 Å². The van der Waals surface area contributed by atoms with Gasteiger partial charge >= 0.3 is 0 Å². The lowest BCUT2D eigenvalue weighted by atomic mass is 10.1. The molecule has 0 aliphatic rings. The maximum Gasteiger partial charge on any atom is 0.191 e. The van der Waals surface area contributed by atoms with E-state index in [1.165, 1.54) is 16.8 Å². The Hall–Kier alpha value is -2.34. The van der Waals surface area contributed by atoms with Gasteiger partial charge in [0.15, 0.2) is 5.96 Å². The van der Waals surface area contributed by atoms with Crippen molar-refractivity contribution < 1.29 is 4.74 Å². The van der Waals surface area contributed by atoms with Gasteiger partial charge < -0.3 is 15.4 Å². The highest BCUT2D eigenvalue weighted by Gasteiger charge is 2.02. The van der Waals surface area contributed by atoms with E-state index in [2.05, 4.69) is 69.6 Å². The molecule has 6 heteroatoms. The van der Waals surface area contributed by atoms with E-state index >= 15 is 0 Å². The first kappa shape index (κ1) is 20.0. The number of nitrogens with zero attached hydrogens (tertiary/aromatic N) is 3. The van der Waals surface area contributed by atoms with E-state index in [0.29, 0.717) is 13.2 Å². The molecular weight excluding hydrogens is 326 g/mol. The molecule has 2 aromatic rings. The quantitative estimate of drug-likeness (QED) is 0.411. The SMILES string of the molecule is CCNC(=NCc1ccc(COC)cc1)NCCCn1nc(C)cc1C. The van der Waals surface area contributed by atoms with Gasteiger partial charge in [-0.15, -0.1) is 0 Å². The Morgan fingerprint density at radius 2 is 1.88 bits per heavy atom. The Bertz CT molecular complexity index is 691. The lowest BCUT2D eigenvalue weighted by Crippen LogP contribution is -2.38. The van der Waals surface area contributed by atoms with Crippen LogP contribution in [0.25, 0.3) is 0 Å². The third-order valence-electron chi connectivity index (χ3n) is 4.04. The molecule has 1 heterocycles. The third-order valence-corrected chi connectivity index (χ3v) is 4.04. The fourth-order valence-corrected chi connectivity index (χ4v) is 2.76. The van der Waals surface area contributed by atoms with Gasteiger partial charge in [-0.1, -0.05) is 24.3 Å². The van der Waals surface area contributed by atoms with Gasteiger partial charge in [0.2, 0.25) is 0 Å². The molecule has 0 unspecified atom stereocenters. The van der Waals surface area contributed by atoms with Crippen molar-refractivity contribution in [1.29, 1.82) is 0 Å². The van der Waals surface area contributed by atoms with Crippen molar-refractivity contribution in [1.82, 2.24) is 20.4 Å². The van der Waals surface area contributed by atoms with E-state index in [1.807, 2.05) is 6.92 Å². The minimum Gasteiger partial charge on any atom is -0.380 e. The predicted molar refractivity (Wildman–Crippen MR) is 106 cm³/mol. The standard InChI is InChI=1S/C20H31N5O/c1-5-21-20(22-11-6-12-25-17(3)13-16(2)24-25)23-14-18-7-9-19(10-8-18)15-26-4/h7-10,13H,5-6,11-12,14-15H2,1-4H3,(H2,21,22,23). The topological polar surface area (TPSA) is 63.5 Å². The van der Waals surface area contributed by atoms with E-state index in [4.69, 9.17) is 4.74 Å². The normalized spacial score (nSPS) is 11.6. The number of ether oxygens (including phenoxy) is 1. The molecular formula is C20H31N5O. The third kappa shape index (κ3) is 6.52. The number of hydrogen-bond donors (Lipinski definition) is 2. The number of aliphatic imine (C=N–C) groups is 1. The first-order valence-corrected chi connectivity index (χ1v) is 9.22. The zero-order valence-electron chi connectivity index (χ0n) is 16.4. The molecule has 0 spiro atoms. The van der Waals surface area contributed by atoms with E-state index < -0.39 is 0 Å². The molecule has 0 aliphatic carbocycles. The molecule has 6 nitrogen and oxygen atoms in total. The Morgan fingerprint density at radius 3 is 2.50 bits per heavy atom. The maximum atomic E-state index is 5.14. The van der Waals surface area contributed by atoms with E-state index in [0.717, 1.165) is 37.7 Å². The van der Waals surface area contributed by atoms with Gasteiger partial charge in [-0.05, 0) is 44.4 Å². The Balaban J connectivity index is 1.81. The molecule has 0 bridgehead atoms. The Kier molecular flexibility index (Phi) is 8.15. The summed E-state index contributed by atoms with van der Waals surface area (Å²) >= 11 is 0. The predicted octanol–water partition coefficient (Wildman–Crippen LogP) is 2.79. The van der Waals surface area contributed by atoms with Crippen LogP contribution in [0.3, 0.4) is 0 Å². The summed E-state index contributed by atoms with van der Waals surface area (Å²) in [6, 6.07) is 10.5. The fourth-order valence-electron chi connectivity index (χ4n) is 2.76. The Morgan fingerprint density at radius 1 is 1.15 bits per heavy atom. The lowest BCUT2D eigenvalue weighted by molar-refractivity contribution is 0.185. The van der Waals surface area contributed by atoms with Crippen LogP contribution >= 0.6 is 0 Å². The van der Waals surface area contributed by atoms with Crippen LogP contribution in [0.4, 0.5) is 0 Å². The second kappa shape index (κ2) is 10.6. The van der Waals surface area contributed by atoms with E-state index in [1.54, 1.807) is 7.11 Å². The number of rotatable bonds is 9. The largest absolute Gasteiger partial charge is 0.380 e. The number of nitrogens with one attached hydrogen (secondary N) is 2. The molecule has 26 heavy (non-hydrogen) atoms. The highest BCUT2D eigenvalue weighted by Crippen LogP contribution is 2.06. The molecule has 142 valence electrons. The molecule has 1 aromatic heterocycles. The average molecular weight is 358 g/mol. The average Bonchev–Trinajstić information content (AvgIpc) is 2.95. The first-order chi connectivity index (χ1) is 12.6. The van der Waals surface area contributed by atoms with Crippen LogP contribution in [-0.4, -0.2) is 35.9 Å². The number of benzene rings is 1. The smallest absolute Gasteiger partial charge is 0.191 e. The van der Waals surface area contributed by atoms with Gasteiger partial charge in [-0.2, -0.15) is 5.10 Å². The second-order valence-corrected chi connectivity index (χ2v) is 6.38. The second-order valence-electron chi connectivity index (χ2n) is 6.38. The number of methoxy groups -OCH3 is 1. The summed E-state index contributed by atoms with van der Waals surface area (Å²) in [7, 11) is 1.71. The zero-order chi connectivity index (χ0) is 18.8. The van der Waals surface area contributed by atoms with E-state index in [-0.39, 0.29) is 0 Å². The highest BCUT2D eigenvalue weighted by atomic mass is 16.5. The molecule has 2 N–H and O–H groups in total. The molecule has 0 fully saturated rings. The molecule has 0 amide bonds. The zero-order valence-corrected chi connectivity index (χ0v) is 16.4. The minimum atomic E-state index is 0.642. The lowest BCUT2D eigenvalue weighted by Gasteiger charge is -2.12. The van der Waals surface area contributed by atoms with Gasteiger partial charge in [0, 0.05) is 32.4 Å². The summed E-state index contributed by atoms with van der Waals surface area (Å²) < 4.78 is 7.20. The monoisotopic (exact) mass is 357 g/mol. The van der Waals surface area contributed by atoms with Gasteiger partial charge in [0.1, 0.15) is 0 Å². The van der Waals surface area contributed by atoms with Gasteiger partial charge in [-0.3, -0.25) is 4.68 Å². The number of guanidine groups is 1. The van der Waals surface area contributed by atoms with Crippen LogP contribution in [0.15, 0.2) is 35.3 Å². The number of aryl methyl sites for hydroxylation is 3. The molecule has 0 saturated carbocycles. The molecule has 2 rings (SSSR count). The van der Waals surface area contributed by atoms with Crippen LogP contribution in [0.5, 0.6) is 0 Å². The summed E-state index contributed by atoms with van der Waals surface area (Å²) in [5.74, 6) is 0.849. The Labute approximate surface area is 156 Å². The minimum absolute atomic E-state index is 0.642. The van der Waals surface area contributed by atoms with Crippen LogP contribution in [0.2, 0.25) is 0 Å². The summed E-state index contributed by atoms with van der Waals surface area (Å²) in [6.45, 7) is 10.1. The van der Waals surface area contributed by atoms with Crippen molar-refractivity contribution in [3.8, 4) is 0 Å². The van der Waals surface area contributed by atoms with Crippen molar-refractivity contribution in [3.63, 3.8) is 0 Å². The van der Waals surface area contributed by atoms with Crippen LogP contribution in [-0.2, 0) is 24.4 Å². The highest BCUT2D eigenvalue weighted by molar-refractivity contribution is 5.79. The van der Waals surface area contributed by atoms with Crippen LogP contribution in [0, 0.1) is 13.8 Å². The summed E-state index contributed by atoms with van der Waals surface area (Å²) in [5.41, 5.74) is 4.64.